The lowest BCUT2D eigenvalue weighted by atomic mass is 10.0. The molecular weight excluding hydrogens is 1170 g/mol. The Balaban J connectivity index is 0.933. The van der Waals surface area contributed by atoms with Gasteiger partial charge in [0.05, 0.1) is 71.1 Å². The molecule has 0 saturated carbocycles. The number of aliphatic hydroxyl groups is 1. The lowest BCUT2D eigenvalue weighted by Crippen LogP contribution is -2.73. The molecule has 5 heterocycles. The maximum Gasteiger partial charge on any atom is 0.261 e. The Hall–Kier alpha value is -6.79. The van der Waals surface area contributed by atoms with E-state index in [4.69, 9.17) is 44.5 Å². The number of nitrogens with one attached hydrogen (secondary N) is 5. The molecule has 30 heteroatoms. The highest BCUT2D eigenvalue weighted by Crippen LogP contribution is 2.37. The quantitative estimate of drug-likeness (QED) is 0.00574. The van der Waals surface area contributed by atoms with Gasteiger partial charge in [-0.15, -0.1) is 5.11 Å². The number of hydrogen-bond donors (Lipinski definition) is 8. The van der Waals surface area contributed by atoms with Crippen LogP contribution in [0.2, 0.25) is 10.3 Å². The predicted octanol–water partition coefficient (Wildman–Crippen LogP) is 0.980. The maximum absolute atomic E-state index is 14.2. The van der Waals surface area contributed by atoms with Crippen molar-refractivity contribution in [1.29, 1.82) is 0 Å². The van der Waals surface area contributed by atoms with Gasteiger partial charge in [-0.05, 0) is 49.4 Å². The molecule has 2 spiro atoms. The van der Waals surface area contributed by atoms with Gasteiger partial charge in [0.25, 0.3) is 5.91 Å². The summed E-state index contributed by atoms with van der Waals surface area (Å²) >= 11 is 15.8. The number of nitrogens with zero attached hydrogens (tertiary/aromatic N) is 10. The Morgan fingerprint density at radius 1 is 0.679 bits per heavy atom. The Morgan fingerprint density at radius 2 is 1.18 bits per heavy atom. The van der Waals surface area contributed by atoms with Crippen LogP contribution in [0.25, 0.3) is 0 Å². The van der Waals surface area contributed by atoms with E-state index in [1.54, 1.807) is 60.7 Å². The van der Waals surface area contributed by atoms with Crippen molar-refractivity contribution in [3.8, 4) is 0 Å². The Kier molecular flexibility index (Phi) is 24.2. The Bertz CT molecular complexity index is 2950. The molecule has 4 unspecified atom stereocenters. The molecule has 7 rings (SSSR count). The molecule has 4 atom stereocenters. The summed E-state index contributed by atoms with van der Waals surface area (Å²) in [5, 5.41) is 32.3. The van der Waals surface area contributed by atoms with Gasteiger partial charge in [0.1, 0.15) is 61.3 Å². The summed E-state index contributed by atoms with van der Waals surface area (Å²) in [7, 11) is 0. The first-order chi connectivity index (χ1) is 40.5. The number of benzene rings is 2. The maximum atomic E-state index is 14.2. The number of piperazine rings is 3. The van der Waals surface area contributed by atoms with E-state index in [-0.39, 0.29) is 35.3 Å². The average molecular weight is 1240 g/mol. The molecule has 0 radical (unpaired) electrons. The van der Waals surface area contributed by atoms with Gasteiger partial charge < -0.3 is 66.8 Å². The summed E-state index contributed by atoms with van der Waals surface area (Å²) in [4.78, 5) is 119. The Morgan fingerprint density at radius 3 is 1.69 bits per heavy atom. The van der Waals surface area contributed by atoms with Gasteiger partial charge in [0.2, 0.25) is 29.5 Å². The van der Waals surface area contributed by atoms with Crippen molar-refractivity contribution >= 4 is 106 Å². The van der Waals surface area contributed by atoms with Crippen molar-refractivity contribution in [2.24, 2.45) is 21.9 Å². The van der Waals surface area contributed by atoms with E-state index in [1.807, 2.05) is 12.5 Å². The van der Waals surface area contributed by atoms with Gasteiger partial charge in [0, 0.05) is 18.1 Å². The van der Waals surface area contributed by atoms with Crippen LogP contribution in [-0.2, 0) is 46.4 Å². The molecule has 3 saturated heterocycles. The third kappa shape index (κ3) is 17.9. The van der Waals surface area contributed by atoms with E-state index in [9.17, 15) is 38.7 Å². The van der Waals surface area contributed by atoms with Crippen LogP contribution in [0.4, 0.5) is 17.3 Å². The summed E-state index contributed by atoms with van der Waals surface area (Å²) in [5.74, 6) is -3.69. The van der Waals surface area contributed by atoms with Crippen LogP contribution in [0.1, 0.15) is 40.7 Å². The molecule has 6 amide bonds. The number of nitrogens with two attached hydrogens (primary N) is 2. The minimum absolute atomic E-state index is 0.0121. The molecule has 4 aromatic rings. The largest absolute Gasteiger partial charge is 0.394 e. The highest BCUT2D eigenvalue weighted by atomic mass is 35.5. The summed E-state index contributed by atoms with van der Waals surface area (Å²) < 4.78 is 1.96. The average Bonchev–Trinajstić information content (AvgIpc) is 2.02. The standard InChI is InChI=1S/C54H71Cl2N17O9S2/c1-83-53-64-45(55)37(32-74)48(66-53)70-17-21-72(22-18-70)25-27-73(28-26-72)23-19-71(20-24-73)49-44(46(56)65-54(67-49)84-2)68-69-82-34-43(77)61-41(33-75)52(81)63-40(30-36-13-7-4-8-14-36)51(80)62-39(29-35-11-5-3-6-12-35)50(79)59-31-42(76)60-38(47(58)78)15-9-10-16-57/h3-8,11-14,32,38-41,75H,9-10,15-31,33-34,57H2,1-2H3,(H5-2,58,59,60,61,62,63,76,77,78,79,80,81)/p+2. The van der Waals surface area contributed by atoms with Crippen molar-refractivity contribution in [3.05, 3.63) is 87.7 Å². The number of carbonyl (C=O) groups excluding carboxylic acids is 7. The molecule has 0 bridgehead atoms. The van der Waals surface area contributed by atoms with Gasteiger partial charge in [-0.2, -0.15) is 0 Å². The summed E-state index contributed by atoms with van der Waals surface area (Å²) in [6, 6.07) is 12.4. The van der Waals surface area contributed by atoms with Gasteiger partial charge in [-0.3, -0.25) is 33.6 Å². The van der Waals surface area contributed by atoms with E-state index < -0.39 is 79.4 Å². The first-order valence-corrected chi connectivity index (χ1v) is 30.8. The SMILES string of the molecule is CSc1nc(Cl)c(C=O)c(N2CC[N+]3(CC2)CC[N+]2(CCN(c4nc(SC)nc(Cl)c4N=NOCC(=O)NC(CO)C(=O)NC(Cc4ccccc4)C(=O)NC(Cc4ccccc4)C(=O)NCC(=O)NC(CCCCN)C(N)=O)CC2)CC3)n1. The number of thioether (sulfide) groups is 2. The van der Waals surface area contributed by atoms with Gasteiger partial charge >= 0.3 is 0 Å². The van der Waals surface area contributed by atoms with Crippen molar-refractivity contribution in [2.45, 2.75) is 66.6 Å². The number of rotatable bonds is 28. The van der Waals surface area contributed by atoms with Crippen LogP contribution in [0, 0.1) is 0 Å². The van der Waals surface area contributed by atoms with Crippen LogP contribution in [0.15, 0.2) is 81.4 Å². The number of hydrogen-bond acceptors (Lipinski definition) is 20. The van der Waals surface area contributed by atoms with E-state index in [0.29, 0.717) is 71.1 Å². The van der Waals surface area contributed by atoms with E-state index >= 15 is 0 Å². The number of aldehydes is 1. The molecule has 3 aliphatic rings. The second-order valence-electron chi connectivity index (χ2n) is 20.8. The number of quaternary nitrogens is 2. The minimum atomic E-state index is -1.57. The number of aromatic nitrogens is 4. The fourth-order valence-corrected chi connectivity index (χ4v) is 11.6. The number of aliphatic hydroxyl groups excluding tert-OH is 1. The fraction of sp³-hybridized carbons (Fsp3) is 0.500. The summed E-state index contributed by atoms with van der Waals surface area (Å²) in [6.45, 7) is 8.70. The second kappa shape index (κ2) is 31.4. The molecule has 10 N–H and O–H groups in total. The van der Waals surface area contributed by atoms with Crippen LogP contribution in [0.3, 0.4) is 0 Å². The van der Waals surface area contributed by atoms with Crippen LogP contribution < -0.4 is 47.9 Å². The lowest BCUT2D eigenvalue weighted by molar-refractivity contribution is -1.03. The molecular formula is C54H73Cl2N17O9S2+2. The number of anilines is 2. The fourth-order valence-electron chi connectivity index (χ4n) is 10.4. The highest BCUT2D eigenvalue weighted by Gasteiger charge is 2.46. The highest BCUT2D eigenvalue weighted by molar-refractivity contribution is 7.98. The topological polar surface area (TPSA) is 344 Å². The van der Waals surface area contributed by atoms with Crippen molar-refractivity contribution in [1.82, 2.24) is 46.5 Å². The van der Waals surface area contributed by atoms with Gasteiger partial charge in [0.15, 0.2) is 39.9 Å². The van der Waals surface area contributed by atoms with Gasteiger partial charge in [-0.1, -0.05) is 107 Å². The summed E-state index contributed by atoms with van der Waals surface area (Å²) in [6.07, 6.45) is 5.79. The molecule has 26 nitrogen and oxygen atoms in total. The molecule has 2 aromatic heterocycles. The monoisotopic (exact) mass is 1240 g/mol. The molecule has 3 aliphatic heterocycles. The third-order valence-electron chi connectivity index (χ3n) is 15.3. The second-order valence-corrected chi connectivity index (χ2v) is 23.0. The molecule has 3 fully saturated rings. The van der Waals surface area contributed by atoms with E-state index in [0.717, 1.165) is 80.7 Å². The smallest absolute Gasteiger partial charge is 0.261 e. The van der Waals surface area contributed by atoms with Gasteiger partial charge in [-0.25, -0.2) is 19.9 Å². The van der Waals surface area contributed by atoms with E-state index in [1.165, 1.54) is 23.5 Å². The molecule has 2 aromatic carbocycles. The van der Waals surface area contributed by atoms with Crippen LogP contribution in [-0.4, -0.2) is 217 Å². The molecule has 84 heavy (non-hydrogen) atoms. The third-order valence-corrected chi connectivity index (χ3v) is 17.0. The number of carbonyl (C=O) groups is 7. The number of halogens is 2. The van der Waals surface area contributed by atoms with Crippen molar-refractivity contribution in [2.75, 3.05) is 127 Å². The van der Waals surface area contributed by atoms with Crippen LogP contribution in [0.5, 0.6) is 0 Å². The first-order valence-electron chi connectivity index (χ1n) is 27.6. The molecule has 0 aliphatic carbocycles. The minimum Gasteiger partial charge on any atom is -0.394 e. The zero-order valence-electron chi connectivity index (χ0n) is 46.9. The summed E-state index contributed by atoms with van der Waals surface area (Å²) in [5.41, 5.74) is 12.8. The number of unbranched alkanes of at least 4 members (excludes halogenated alkanes) is 1. The first kappa shape index (κ1) is 64.8. The molecule has 452 valence electrons. The predicted molar refractivity (Wildman–Crippen MR) is 318 cm³/mol. The number of primary amides is 1. The van der Waals surface area contributed by atoms with Crippen molar-refractivity contribution in [3.63, 3.8) is 0 Å². The lowest BCUT2D eigenvalue weighted by Gasteiger charge is -2.54. The van der Waals surface area contributed by atoms with Crippen molar-refractivity contribution < 1.29 is 52.5 Å². The van der Waals surface area contributed by atoms with E-state index in [2.05, 4.69) is 61.7 Å². The van der Waals surface area contributed by atoms with Crippen LogP contribution >= 0.6 is 46.7 Å². The Labute approximate surface area is 505 Å². The zero-order valence-corrected chi connectivity index (χ0v) is 50.1. The number of amides is 6. The zero-order chi connectivity index (χ0) is 60.2. The normalized spacial score (nSPS) is 16.9.